The fourth-order valence-electron chi connectivity index (χ4n) is 4.26. The van der Waals surface area contributed by atoms with Crippen molar-refractivity contribution in [1.29, 1.82) is 0 Å². The van der Waals surface area contributed by atoms with Crippen molar-refractivity contribution in [2.75, 3.05) is 39.8 Å². The number of nitrogens with zero attached hydrogens (tertiary/aromatic N) is 2. The zero-order valence-corrected chi connectivity index (χ0v) is 17.7. The number of rotatable bonds is 8. The van der Waals surface area contributed by atoms with Crippen molar-refractivity contribution in [3.8, 4) is 0 Å². The first-order chi connectivity index (χ1) is 13.3. The molecule has 2 saturated heterocycles. The number of hydrogen-bond donors (Lipinski definition) is 4. The van der Waals surface area contributed by atoms with Crippen LogP contribution in [0.5, 0.6) is 0 Å². The molecule has 2 heterocycles. The molecule has 2 rings (SSSR count). The molecule has 0 aromatic carbocycles. The Morgan fingerprint density at radius 1 is 1.21 bits per heavy atom. The molecule has 8 nitrogen and oxygen atoms in total. The Bertz CT molecular complexity index is 537. The van der Waals surface area contributed by atoms with E-state index in [1.807, 2.05) is 13.8 Å². The summed E-state index contributed by atoms with van der Waals surface area (Å²) in [6.45, 7) is 11.7. The Hall–Kier alpha value is -1.48. The van der Waals surface area contributed by atoms with Gasteiger partial charge in [0.25, 0.3) is 0 Å². The number of nitrogens with two attached hydrogens (primary N) is 1. The fraction of sp³-hybridized carbons (Fsp3) is 0.800. The number of piperidine rings is 2. The van der Waals surface area contributed by atoms with Crippen molar-refractivity contribution in [2.45, 2.75) is 57.2 Å². The molecule has 0 aromatic heterocycles. The molecule has 0 spiro atoms. The molecular weight excluding hydrogens is 356 g/mol. The average Bonchev–Trinajstić information content (AvgIpc) is 2.67. The second-order valence-electron chi connectivity index (χ2n) is 8.53. The standard InChI is InChI=1S/C20H38N6O2/c1-5-10-22-19(28)20(23-18(27)17(24-21)15(2)3)8-13-26(14-9-20)16-6-11-25(4)12-7-16/h5,15-17,24H,1,6-14,21H2,2-4H3,(H,22,28)(H,23,27). The van der Waals surface area contributed by atoms with Gasteiger partial charge in [0, 0.05) is 25.7 Å². The molecule has 0 bridgehead atoms. The number of hydrogen-bond acceptors (Lipinski definition) is 6. The van der Waals surface area contributed by atoms with E-state index in [1.165, 1.54) is 0 Å². The van der Waals surface area contributed by atoms with Crippen LogP contribution >= 0.6 is 0 Å². The highest BCUT2D eigenvalue weighted by Crippen LogP contribution is 2.27. The second kappa shape index (κ2) is 10.3. The third kappa shape index (κ3) is 5.53. The number of carbonyl (C=O) groups excluding carboxylic acids is 2. The first kappa shape index (κ1) is 22.8. The first-order valence-electron chi connectivity index (χ1n) is 10.4. The normalized spacial score (nSPS) is 22.6. The Morgan fingerprint density at radius 2 is 1.82 bits per heavy atom. The third-order valence-corrected chi connectivity index (χ3v) is 6.19. The number of amides is 2. The minimum absolute atomic E-state index is 0.0256. The van der Waals surface area contributed by atoms with Gasteiger partial charge in [-0.3, -0.25) is 15.4 Å². The maximum absolute atomic E-state index is 13.0. The molecular formula is C20H38N6O2. The van der Waals surface area contributed by atoms with Crippen LogP contribution in [0, 0.1) is 5.92 Å². The van der Waals surface area contributed by atoms with Crippen LogP contribution in [0.4, 0.5) is 0 Å². The predicted octanol–water partition coefficient (Wildman–Crippen LogP) is -0.178. The van der Waals surface area contributed by atoms with Gasteiger partial charge in [-0.2, -0.15) is 0 Å². The van der Waals surface area contributed by atoms with E-state index in [0.717, 1.165) is 39.0 Å². The lowest BCUT2D eigenvalue weighted by molar-refractivity contribution is -0.137. The van der Waals surface area contributed by atoms with E-state index >= 15 is 0 Å². The van der Waals surface area contributed by atoms with E-state index in [2.05, 4.69) is 39.5 Å². The molecule has 2 amide bonds. The highest BCUT2D eigenvalue weighted by atomic mass is 16.2. The van der Waals surface area contributed by atoms with Gasteiger partial charge in [-0.1, -0.05) is 19.9 Å². The lowest BCUT2D eigenvalue weighted by Crippen LogP contribution is -2.67. The van der Waals surface area contributed by atoms with E-state index in [9.17, 15) is 9.59 Å². The summed E-state index contributed by atoms with van der Waals surface area (Å²) in [5, 5.41) is 5.93. The van der Waals surface area contributed by atoms with Crippen LogP contribution in [0.15, 0.2) is 12.7 Å². The lowest BCUT2D eigenvalue weighted by Gasteiger charge is -2.45. The predicted molar refractivity (Wildman–Crippen MR) is 111 cm³/mol. The topological polar surface area (TPSA) is 103 Å². The summed E-state index contributed by atoms with van der Waals surface area (Å²) in [4.78, 5) is 30.6. The molecule has 2 aliphatic rings. The molecule has 1 atom stereocenters. The first-order valence-corrected chi connectivity index (χ1v) is 10.4. The van der Waals surface area contributed by atoms with Gasteiger partial charge in [-0.05, 0) is 51.7 Å². The summed E-state index contributed by atoms with van der Waals surface area (Å²) in [6, 6.07) is 0.0336. The quantitative estimate of drug-likeness (QED) is 0.259. The van der Waals surface area contributed by atoms with Crippen LogP contribution in [0.3, 0.4) is 0 Å². The highest BCUT2D eigenvalue weighted by Gasteiger charge is 2.44. The van der Waals surface area contributed by atoms with Crippen LogP contribution in [0.2, 0.25) is 0 Å². The van der Waals surface area contributed by atoms with Crippen molar-refractivity contribution >= 4 is 11.8 Å². The van der Waals surface area contributed by atoms with E-state index < -0.39 is 11.6 Å². The number of carbonyl (C=O) groups is 2. The molecule has 5 N–H and O–H groups in total. The largest absolute Gasteiger partial charge is 0.351 e. The summed E-state index contributed by atoms with van der Waals surface area (Å²) >= 11 is 0. The van der Waals surface area contributed by atoms with E-state index in [0.29, 0.717) is 25.4 Å². The van der Waals surface area contributed by atoms with Crippen molar-refractivity contribution in [1.82, 2.24) is 25.9 Å². The van der Waals surface area contributed by atoms with Gasteiger partial charge in [-0.15, -0.1) is 6.58 Å². The molecule has 2 aliphatic heterocycles. The Balaban J connectivity index is 2.07. The van der Waals surface area contributed by atoms with Crippen molar-refractivity contribution in [3.63, 3.8) is 0 Å². The Labute approximate surface area is 169 Å². The van der Waals surface area contributed by atoms with Gasteiger partial charge in [0.05, 0.1) is 0 Å². The fourth-order valence-corrected chi connectivity index (χ4v) is 4.26. The molecule has 28 heavy (non-hydrogen) atoms. The van der Waals surface area contributed by atoms with Gasteiger partial charge >= 0.3 is 0 Å². The summed E-state index contributed by atoms with van der Waals surface area (Å²) in [5.41, 5.74) is 1.68. The minimum Gasteiger partial charge on any atom is -0.351 e. The smallest absolute Gasteiger partial charge is 0.246 e. The van der Waals surface area contributed by atoms with Gasteiger partial charge < -0.3 is 20.4 Å². The zero-order valence-electron chi connectivity index (χ0n) is 17.7. The van der Waals surface area contributed by atoms with Crippen molar-refractivity contribution in [3.05, 3.63) is 12.7 Å². The summed E-state index contributed by atoms with van der Waals surface area (Å²) in [6.07, 6.45) is 5.17. The summed E-state index contributed by atoms with van der Waals surface area (Å²) in [5.74, 6) is 5.24. The minimum atomic E-state index is -0.897. The SMILES string of the molecule is C=CCNC(=O)C1(NC(=O)C(NN)C(C)C)CCN(C2CCN(C)CC2)CC1. The molecule has 1 unspecified atom stereocenters. The Morgan fingerprint density at radius 3 is 2.32 bits per heavy atom. The molecule has 0 aliphatic carbocycles. The second-order valence-corrected chi connectivity index (χ2v) is 8.53. The molecule has 0 aromatic rings. The van der Waals surface area contributed by atoms with E-state index in [-0.39, 0.29) is 17.7 Å². The summed E-state index contributed by atoms with van der Waals surface area (Å²) in [7, 11) is 2.16. The van der Waals surface area contributed by atoms with Crippen LogP contribution in [0.25, 0.3) is 0 Å². The average molecular weight is 395 g/mol. The third-order valence-electron chi connectivity index (χ3n) is 6.19. The van der Waals surface area contributed by atoms with Gasteiger partial charge in [0.15, 0.2) is 0 Å². The maximum Gasteiger partial charge on any atom is 0.246 e. The van der Waals surface area contributed by atoms with E-state index in [4.69, 9.17) is 5.84 Å². The molecule has 0 saturated carbocycles. The zero-order chi connectivity index (χ0) is 20.7. The monoisotopic (exact) mass is 394 g/mol. The van der Waals surface area contributed by atoms with Gasteiger partial charge in [-0.25, -0.2) is 5.43 Å². The summed E-state index contributed by atoms with van der Waals surface area (Å²) < 4.78 is 0. The molecule has 8 heteroatoms. The van der Waals surface area contributed by atoms with Crippen LogP contribution in [-0.4, -0.2) is 79.0 Å². The van der Waals surface area contributed by atoms with Crippen LogP contribution in [0.1, 0.15) is 39.5 Å². The molecule has 2 fully saturated rings. The van der Waals surface area contributed by atoms with Crippen molar-refractivity contribution < 1.29 is 9.59 Å². The number of hydrazine groups is 1. The van der Waals surface area contributed by atoms with Gasteiger partial charge in [0.2, 0.25) is 11.8 Å². The van der Waals surface area contributed by atoms with Crippen LogP contribution in [-0.2, 0) is 9.59 Å². The Kier molecular flexibility index (Phi) is 8.42. The molecule has 160 valence electrons. The maximum atomic E-state index is 13.0. The van der Waals surface area contributed by atoms with Crippen LogP contribution < -0.4 is 21.9 Å². The van der Waals surface area contributed by atoms with E-state index in [1.54, 1.807) is 6.08 Å². The highest BCUT2D eigenvalue weighted by molar-refractivity contribution is 5.93. The number of likely N-dealkylation sites (tertiary alicyclic amines) is 2. The lowest BCUT2D eigenvalue weighted by atomic mass is 9.84. The van der Waals surface area contributed by atoms with Crippen molar-refractivity contribution in [2.24, 2.45) is 11.8 Å². The van der Waals surface area contributed by atoms with Gasteiger partial charge in [0.1, 0.15) is 11.6 Å². The number of nitrogens with one attached hydrogen (secondary N) is 3. The molecule has 0 radical (unpaired) electrons.